The summed E-state index contributed by atoms with van der Waals surface area (Å²) < 4.78 is 39.9. The summed E-state index contributed by atoms with van der Waals surface area (Å²) in [4.78, 5) is 12.1. The van der Waals surface area contributed by atoms with Crippen LogP contribution in [0.3, 0.4) is 0 Å². The highest BCUT2D eigenvalue weighted by atomic mass is 19.2. The molecular weight excluding hydrogens is 303 g/mol. The van der Waals surface area contributed by atoms with E-state index in [0.717, 1.165) is 34.4 Å². The van der Waals surface area contributed by atoms with Crippen molar-refractivity contribution in [1.29, 1.82) is 0 Å². The molecule has 1 atom stereocenters. The quantitative estimate of drug-likeness (QED) is 0.827. The number of aryl methyl sites for hydroxylation is 3. The third-order valence-electron chi connectivity index (χ3n) is 3.98. The van der Waals surface area contributed by atoms with E-state index < -0.39 is 35.0 Å². The van der Waals surface area contributed by atoms with Crippen molar-refractivity contribution >= 4 is 5.91 Å². The second-order valence-corrected chi connectivity index (χ2v) is 5.71. The average molecular weight is 321 g/mol. The third kappa shape index (κ3) is 3.38. The number of hydrogen-bond acceptors (Lipinski definition) is 1. The Bertz CT molecular complexity index is 771. The molecule has 1 amide bonds. The first-order valence-electron chi connectivity index (χ1n) is 7.24. The SMILES string of the molecule is Cc1cc(C)c(C(C)NC(=O)c2ccc(F)c(F)c2F)cc1C. The van der Waals surface area contributed by atoms with Crippen LogP contribution in [0, 0.1) is 38.2 Å². The lowest BCUT2D eigenvalue weighted by Crippen LogP contribution is -2.28. The molecule has 0 heterocycles. The number of halogens is 3. The van der Waals surface area contributed by atoms with E-state index in [9.17, 15) is 18.0 Å². The van der Waals surface area contributed by atoms with E-state index in [1.165, 1.54) is 0 Å². The zero-order valence-electron chi connectivity index (χ0n) is 13.4. The third-order valence-corrected chi connectivity index (χ3v) is 3.98. The Morgan fingerprint density at radius 2 is 1.57 bits per heavy atom. The van der Waals surface area contributed by atoms with Crippen LogP contribution in [0.4, 0.5) is 13.2 Å². The van der Waals surface area contributed by atoms with Gasteiger partial charge in [-0.05, 0) is 62.1 Å². The standard InChI is InChI=1S/C18H18F3NO/c1-9-7-11(3)14(8-10(9)2)12(4)22-18(23)13-5-6-15(19)17(21)16(13)20/h5-8,12H,1-4H3,(H,22,23). The first-order chi connectivity index (χ1) is 10.7. The number of carbonyl (C=O) groups excluding carboxylic acids is 1. The molecule has 0 radical (unpaired) electrons. The van der Waals surface area contributed by atoms with Gasteiger partial charge in [0, 0.05) is 0 Å². The summed E-state index contributed by atoms with van der Waals surface area (Å²) >= 11 is 0. The van der Waals surface area contributed by atoms with E-state index in [0.29, 0.717) is 0 Å². The smallest absolute Gasteiger partial charge is 0.254 e. The van der Waals surface area contributed by atoms with Gasteiger partial charge in [0.25, 0.3) is 5.91 Å². The van der Waals surface area contributed by atoms with E-state index >= 15 is 0 Å². The maximum atomic E-state index is 13.7. The highest BCUT2D eigenvalue weighted by molar-refractivity contribution is 5.94. The van der Waals surface area contributed by atoms with Crippen LogP contribution < -0.4 is 5.32 Å². The minimum atomic E-state index is -1.65. The number of rotatable bonds is 3. The largest absolute Gasteiger partial charge is 0.345 e. The molecule has 122 valence electrons. The first-order valence-corrected chi connectivity index (χ1v) is 7.24. The fraction of sp³-hybridized carbons (Fsp3) is 0.278. The predicted molar refractivity (Wildman–Crippen MR) is 82.9 cm³/mol. The number of amides is 1. The van der Waals surface area contributed by atoms with Crippen LogP contribution in [0.1, 0.15) is 45.6 Å². The lowest BCUT2D eigenvalue weighted by atomic mass is 9.96. The Morgan fingerprint density at radius 3 is 2.22 bits per heavy atom. The molecule has 0 saturated carbocycles. The van der Waals surface area contributed by atoms with Crippen LogP contribution in [0.25, 0.3) is 0 Å². The van der Waals surface area contributed by atoms with Gasteiger partial charge in [0.15, 0.2) is 17.5 Å². The second-order valence-electron chi connectivity index (χ2n) is 5.71. The molecule has 2 aromatic carbocycles. The highest BCUT2D eigenvalue weighted by Crippen LogP contribution is 2.23. The molecule has 2 aromatic rings. The molecule has 1 N–H and O–H groups in total. The number of nitrogens with one attached hydrogen (secondary N) is 1. The van der Waals surface area contributed by atoms with Crippen molar-refractivity contribution in [2.24, 2.45) is 0 Å². The van der Waals surface area contributed by atoms with Crippen LogP contribution in [0.15, 0.2) is 24.3 Å². The Balaban J connectivity index is 2.27. The van der Waals surface area contributed by atoms with E-state index in [1.807, 2.05) is 32.9 Å². The van der Waals surface area contributed by atoms with Crippen molar-refractivity contribution in [1.82, 2.24) is 5.32 Å². The topological polar surface area (TPSA) is 29.1 Å². The molecule has 5 heteroatoms. The zero-order chi connectivity index (χ0) is 17.3. The number of carbonyl (C=O) groups is 1. The van der Waals surface area contributed by atoms with E-state index in [1.54, 1.807) is 6.92 Å². The van der Waals surface area contributed by atoms with E-state index in [-0.39, 0.29) is 0 Å². The minimum absolute atomic E-state index is 0.394. The number of hydrogen-bond donors (Lipinski definition) is 1. The predicted octanol–water partition coefficient (Wildman–Crippen LogP) is 4.52. The van der Waals surface area contributed by atoms with Crippen molar-refractivity contribution in [2.45, 2.75) is 33.7 Å². The Labute approximate surface area is 133 Å². The van der Waals surface area contributed by atoms with Gasteiger partial charge in [0.05, 0.1) is 11.6 Å². The molecule has 0 aliphatic heterocycles. The van der Waals surface area contributed by atoms with Crippen molar-refractivity contribution in [3.8, 4) is 0 Å². The van der Waals surface area contributed by atoms with Crippen LogP contribution in [0.5, 0.6) is 0 Å². The van der Waals surface area contributed by atoms with E-state index in [2.05, 4.69) is 5.32 Å². The Kier molecular flexibility index (Phi) is 4.78. The van der Waals surface area contributed by atoms with Gasteiger partial charge < -0.3 is 5.32 Å². The summed E-state index contributed by atoms with van der Waals surface area (Å²) in [5.41, 5.74) is 3.58. The lowest BCUT2D eigenvalue weighted by molar-refractivity contribution is 0.0934. The van der Waals surface area contributed by atoms with Crippen LogP contribution in [-0.4, -0.2) is 5.91 Å². The van der Waals surface area contributed by atoms with Crippen molar-refractivity contribution in [2.75, 3.05) is 0 Å². The van der Waals surface area contributed by atoms with Crippen molar-refractivity contribution in [3.05, 3.63) is 69.5 Å². The minimum Gasteiger partial charge on any atom is -0.345 e. The molecule has 0 saturated heterocycles. The average Bonchev–Trinajstić information content (AvgIpc) is 2.48. The van der Waals surface area contributed by atoms with Crippen molar-refractivity contribution in [3.63, 3.8) is 0 Å². The summed E-state index contributed by atoms with van der Waals surface area (Å²) in [6.07, 6.45) is 0. The molecule has 0 aromatic heterocycles. The second kappa shape index (κ2) is 6.44. The molecule has 0 aliphatic rings. The summed E-state index contributed by atoms with van der Waals surface area (Å²) in [6, 6.07) is 5.24. The monoisotopic (exact) mass is 321 g/mol. The summed E-state index contributed by atoms with van der Waals surface area (Å²) in [6.45, 7) is 7.63. The van der Waals surface area contributed by atoms with Gasteiger partial charge in [-0.2, -0.15) is 0 Å². The van der Waals surface area contributed by atoms with Crippen LogP contribution in [0.2, 0.25) is 0 Å². The molecule has 0 fully saturated rings. The van der Waals surface area contributed by atoms with Gasteiger partial charge >= 0.3 is 0 Å². The molecular formula is C18H18F3NO. The van der Waals surface area contributed by atoms with E-state index in [4.69, 9.17) is 0 Å². The maximum absolute atomic E-state index is 13.7. The van der Waals surface area contributed by atoms with Gasteiger partial charge in [-0.25, -0.2) is 13.2 Å². The Hall–Kier alpha value is -2.30. The van der Waals surface area contributed by atoms with Crippen molar-refractivity contribution < 1.29 is 18.0 Å². The number of benzene rings is 2. The van der Waals surface area contributed by atoms with Gasteiger partial charge in [-0.3, -0.25) is 4.79 Å². The molecule has 2 nitrogen and oxygen atoms in total. The highest BCUT2D eigenvalue weighted by Gasteiger charge is 2.21. The van der Waals surface area contributed by atoms with Gasteiger partial charge in [0.1, 0.15) is 0 Å². The fourth-order valence-corrected chi connectivity index (χ4v) is 2.50. The molecule has 0 bridgehead atoms. The molecule has 0 aliphatic carbocycles. The molecule has 23 heavy (non-hydrogen) atoms. The lowest BCUT2D eigenvalue weighted by Gasteiger charge is -2.18. The fourth-order valence-electron chi connectivity index (χ4n) is 2.50. The maximum Gasteiger partial charge on any atom is 0.254 e. The zero-order valence-corrected chi connectivity index (χ0v) is 13.4. The summed E-state index contributed by atoms with van der Waals surface area (Å²) in [5.74, 6) is -5.23. The Morgan fingerprint density at radius 1 is 0.957 bits per heavy atom. The summed E-state index contributed by atoms with van der Waals surface area (Å²) in [7, 11) is 0. The molecule has 1 unspecified atom stereocenters. The van der Waals surface area contributed by atoms with Gasteiger partial charge in [0.2, 0.25) is 0 Å². The van der Waals surface area contributed by atoms with Crippen LogP contribution >= 0.6 is 0 Å². The van der Waals surface area contributed by atoms with Crippen LogP contribution in [-0.2, 0) is 0 Å². The summed E-state index contributed by atoms with van der Waals surface area (Å²) in [5, 5.41) is 2.62. The first kappa shape index (κ1) is 17.1. The molecule has 0 spiro atoms. The molecule has 2 rings (SSSR count). The van der Waals surface area contributed by atoms with Gasteiger partial charge in [-0.1, -0.05) is 12.1 Å². The van der Waals surface area contributed by atoms with Gasteiger partial charge in [-0.15, -0.1) is 0 Å². The normalized spacial score (nSPS) is 12.1.